The van der Waals surface area contributed by atoms with Crippen LogP contribution >= 0.6 is 0 Å². The van der Waals surface area contributed by atoms with E-state index >= 15 is 0 Å². The average Bonchev–Trinajstić information content (AvgIpc) is 2.58. The normalized spacial score (nSPS) is 16.8. The summed E-state index contributed by atoms with van der Waals surface area (Å²) in [4.78, 5) is 23.1. The Morgan fingerprint density at radius 2 is 1.88 bits per heavy atom. The fourth-order valence-electron chi connectivity index (χ4n) is 2.37. The highest BCUT2D eigenvalue weighted by Gasteiger charge is 2.32. The molecule has 1 aromatic heterocycles. The van der Waals surface area contributed by atoms with Gasteiger partial charge in [0, 0.05) is 44.6 Å². The molecule has 0 radical (unpaired) electrons. The lowest BCUT2D eigenvalue weighted by Crippen LogP contribution is -2.49. The van der Waals surface area contributed by atoms with E-state index in [0.29, 0.717) is 39.4 Å². The minimum absolute atomic E-state index is 0.0161. The maximum absolute atomic E-state index is 12.5. The lowest BCUT2D eigenvalue weighted by atomic mass is 10.3. The van der Waals surface area contributed by atoms with Gasteiger partial charge in [0.05, 0.1) is 25.2 Å². The molecule has 2 heterocycles. The quantitative estimate of drug-likeness (QED) is 0.758. The first-order valence-corrected chi connectivity index (χ1v) is 8.02. The molecule has 7 nitrogen and oxygen atoms in total. The molecule has 1 amide bonds. The van der Waals surface area contributed by atoms with Crippen molar-refractivity contribution < 1.29 is 22.7 Å². The van der Waals surface area contributed by atoms with E-state index < -0.39 is 11.7 Å². The third-order valence-electron chi connectivity index (χ3n) is 3.72. The third kappa shape index (κ3) is 5.82. The summed E-state index contributed by atoms with van der Waals surface area (Å²) in [5, 5.41) is 0. The van der Waals surface area contributed by atoms with E-state index in [1.807, 2.05) is 6.92 Å². The molecule has 0 unspecified atom stereocenters. The van der Waals surface area contributed by atoms with Crippen LogP contribution in [0.2, 0.25) is 0 Å². The van der Waals surface area contributed by atoms with Crippen LogP contribution in [0.4, 0.5) is 19.1 Å². The van der Waals surface area contributed by atoms with Gasteiger partial charge >= 0.3 is 6.18 Å². The zero-order valence-electron chi connectivity index (χ0n) is 14.0. The van der Waals surface area contributed by atoms with Crippen molar-refractivity contribution in [2.75, 3.05) is 44.3 Å². The first-order valence-electron chi connectivity index (χ1n) is 8.02. The van der Waals surface area contributed by atoms with Crippen LogP contribution in [0.3, 0.4) is 0 Å². The largest absolute Gasteiger partial charge is 0.419 e. The zero-order chi connectivity index (χ0) is 18.4. The Kier molecular flexibility index (Phi) is 6.54. The van der Waals surface area contributed by atoms with E-state index in [9.17, 15) is 18.0 Å². The Balaban J connectivity index is 1.78. The van der Waals surface area contributed by atoms with Gasteiger partial charge in [-0.25, -0.2) is 9.97 Å². The number of halogens is 3. The maximum Gasteiger partial charge on any atom is 0.419 e. The van der Waals surface area contributed by atoms with Gasteiger partial charge in [0.25, 0.3) is 0 Å². The lowest BCUT2D eigenvalue weighted by Gasteiger charge is -2.34. The average molecular weight is 361 g/mol. The molecule has 0 saturated carbocycles. The Morgan fingerprint density at radius 3 is 2.40 bits per heavy atom. The number of nitrogens with zero attached hydrogens (tertiary/aromatic N) is 4. The van der Waals surface area contributed by atoms with Crippen molar-refractivity contribution in [3.05, 3.63) is 18.0 Å². The molecule has 1 fully saturated rings. The van der Waals surface area contributed by atoms with Crippen LogP contribution in [0.5, 0.6) is 0 Å². The Bertz CT molecular complexity index is 557. The monoisotopic (exact) mass is 361 g/mol. The summed E-state index contributed by atoms with van der Waals surface area (Å²) >= 11 is 0. The van der Waals surface area contributed by atoms with E-state index in [4.69, 9.17) is 10.5 Å². The van der Waals surface area contributed by atoms with Gasteiger partial charge in [-0.1, -0.05) is 0 Å². The highest BCUT2D eigenvalue weighted by Crippen LogP contribution is 2.28. The predicted molar refractivity (Wildman–Crippen MR) is 84.9 cm³/mol. The van der Waals surface area contributed by atoms with E-state index in [2.05, 4.69) is 9.97 Å². The number of carbonyl (C=O) groups excluding carboxylic acids is 1. The predicted octanol–water partition coefficient (Wildman–Crippen LogP) is 0.898. The van der Waals surface area contributed by atoms with Gasteiger partial charge in [-0.15, -0.1) is 0 Å². The summed E-state index contributed by atoms with van der Waals surface area (Å²) in [6, 6.07) is -0.0672. The molecule has 1 atom stereocenters. The molecule has 0 bridgehead atoms. The molecular weight excluding hydrogens is 339 g/mol. The van der Waals surface area contributed by atoms with Gasteiger partial charge in [-0.3, -0.25) is 4.79 Å². The third-order valence-corrected chi connectivity index (χ3v) is 3.72. The minimum atomic E-state index is -4.45. The van der Waals surface area contributed by atoms with Gasteiger partial charge in [0.1, 0.15) is 0 Å². The SMILES string of the molecule is C[C@H](N)COCCC(=O)N1CCN(c2ncc(C(F)(F)F)cn2)CC1. The van der Waals surface area contributed by atoms with Crippen molar-refractivity contribution in [3.63, 3.8) is 0 Å². The molecule has 2 N–H and O–H groups in total. The summed E-state index contributed by atoms with van der Waals surface area (Å²) in [5.41, 5.74) is 4.68. The molecule has 1 saturated heterocycles. The van der Waals surface area contributed by atoms with Crippen molar-refractivity contribution in [2.24, 2.45) is 5.73 Å². The summed E-state index contributed by atoms with van der Waals surface area (Å²) in [7, 11) is 0. The highest BCUT2D eigenvalue weighted by molar-refractivity contribution is 5.76. The van der Waals surface area contributed by atoms with Crippen LogP contribution in [0.25, 0.3) is 0 Å². The fourth-order valence-corrected chi connectivity index (χ4v) is 2.37. The molecule has 25 heavy (non-hydrogen) atoms. The van der Waals surface area contributed by atoms with E-state index in [-0.39, 0.29) is 24.3 Å². The molecule has 1 aliphatic heterocycles. The van der Waals surface area contributed by atoms with Crippen LogP contribution in [0, 0.1) is 0 Å². The van der Waals surface area contributed by atoms with Gasteiger partial charge in [0.15, 0.2) is 0 Å². The van der Waals surface area contributed by atoms with E-state index in [1.54, 1.807) is 9.80 Å². The van der Waals surface area contributed by atoms with Crippen molar-refractivity contribution in [3.8, 4) is 0 Å². The van der Waals surface area contributed by atoms with Crippen LogP contribution in [0.1, 0.15) is 18.9 Å². The van der Waals surface area contributed by atoms with Crippen molar-refractivity contribution in [2.45, 2.75) is 25.6 Å². The Labute approximate surface area is 144 Å². The first-order chi connectivity index (χ1) is 11.8. The summed E-state index contributed by atoms with van der Waals surface area (Å²) < 4.78 is 42.8. The van der Waals surface area contributed by atoms with Crippen LogP contribution in [0.15, 0.2) is 12.4 Å². The smallest absolute Gasteiger partial charge is 0.379 e. The number of carbonyl (C=O) groups is 1. The maximum atomic E-state index is 12.5. The molecule has 0 aliphatic carbocycles. The Morgan fingerprint density at radius 1 is 1.28 bits per heavy atom. The number of amides is 1. The molecular formula is C15H22F3N5O2. The van der Waals surface area contributed by atoms with Crippen LogP contribution < -0.4 is 10.6 Å². The minimum Gasteiger partial charge on any atom is -0.379 e. The number of aromatic nitrogens is 2. The number of rotatable bonds is 6. The van der Waals surface area contributed by atoms with E-state index in [0.717, 1.165) is 12.4 Å². The molecule has 1 aromatic rings. The number of hydrogen-bond acceptors (Lipinski definition) is 6. The zero-order valence-corrected chi connectivity index (χ0v) is 14.0. The molecule has 0 spiro atoms. The second-order valence-corrected chi connectivity index (χ2v) is 5.94. The first kappa shape index (κ1) is 19.4. The van der Waals surface area contributed by atoms with Crippen molar-refractivity contribution in [1.29, 1.82) is 0 Å². The molecule has 10 heteroatoms. The summed E-state index contributed by atoms with van der Waals surface area (Å²) in [6.07, 6.45) is -2.62. The second-order valence-electron chi connectivity index (χ2n) is 5.94. The topological polar surface area (TPSA) is 84.6 Å². The number of hydrogen-bond donors (Lipinski definition) is 1. The number of alkyl halides is 3. The molecule has 2 rings (SSSR count). The summed E-state index contributed by atoms with van der Waals surface area (Å²) in [6.45, 7) is 4.43. The van der Waals surface area contributed by atoms with Gasteiger partial charge in [0.2, 0.25) is 11.9 Å². The van der Waals surface area contributed by atoms with Gasteiger partial charge in [-0.2, -0.15) is 13.2 Å². The lowest BCUT2D eigenvalue weighted by molar-refractivity contribution is -0.138. The van der Waals surface area contributed by atoms with Crippen molar-refractivity contribution >= 4 is 11.9 Å². The van der Waals surface area contributed by atoms with Gasteiger partial charge in [-0.05, 0) is 6.92 Å². The van der Waals surface area contributed by atoms with E-state index in [1.165, 1.54) is 0 Å². The van der Waals surface area contributed by atoms with Gasteiger partial charge < -0.3 is 20.3 Å². The molecule has 140 valence electrons. The standard InChI is InChI=1S/C15H22F3N5O2/c1-11(19)10-25-7-2-13(24)22-3-5-23(6-4-22)14-20-8-12(9-21-14)15(16,17)18/h8-9,11H,2-7,10,19H2,1H3/t11-/m0/s1. The van der Waals surface area contributed by atoms with Crippen LogP contribution in [-0.2, 0) is 15.7 Å². The number of piperazine rings is 1. The van der Waals surface area contributed by atoms with Crippen LogP contribution in [-0.4, -0.2) is 66.2 Å². The Hall–Kier alpha value is -1.94. The molecule has 1 aliphatic rings. The molecule has 0 aromatic carbocycles. The van der Waals surface area contributed by atoms with Crippen molar-refractivity contribution in [1.82, 2.24) is 14.9 Å². The second kappa shape index (κ2) is 8.43. The highest BCUT2D eigenvalue weighted by atomic mass is 19.4. The fraction of sp³-hybridized carbons (Fsp3) is 0.667. The summed E-state index contributed by atoms with van der Waals surface area (Å²) in [5.74, 6) is 0.220. The number of ether oxygens (including phenoxy) is 1. The number of anilines is 1. The number of nitrogens with two attached hydrogens (primary N) is 1.